The molecule has 4 heteroatoms. The molecule has 0 atom stereocenters. The Labute approximate surface area is 165 Å². The Balaban J connectivity index is 1.64. The predicted octanol–water partition coefficient (Wildman–Crippen LogP) is 4.39. The van der Waals surface area contributed by atoms with E-state index in [-0.39, 0.29) is 12.5 Å². The summed E-state index contributed by atoms with van der Waals surface area (Å²) in [6.07, 6.45) is 5.49. The molecule has 1 aliphatic rings. The van der Waals surface area contributed by atoms with Crippen LogP contribution in [0.25, 0.3) is 6.08 Å². The second-order valence-electron chi connectivity index (χ2n) is 6.95. The van der Waals surface area contributed by atoms with Crippen LogP contribution in [0.3, 0.4) is 0 Å². The van der Waals surface area contributed by atoms with Crippen molar-refractivity contribution < 1.29 is 9.53 Å². The van der Waals surface area contributed by atoms with Gasteiger partial charge in [0.15, 0.2) is 0 Å². The Morgan fingerprint density at radius 2 is 1.86 bits per heavy atom. The highest BCUT2D eigenvalue weighted by Gasteiger charge is 2.23. The van der Waals surface area contributed by atoms with Gasteiger partial charge in [-0.3, -0.25) is 9.78 Å². The highest BCUT2D eigenvalue weighted by Crippen LogP contribution is 2.27. The number of pyridine rings is 1. The van der Waals surface area contributed by atoms with Crippen LogP contribution in [0.2, 0.25) is 0 Å². The molecule has 0 fully saturated rings. The summed E-state index contributed by atoms with van der Waals surface area (Å²) in [6, 6.07) is 19.8. The molecule has 0 bridgehead atoms. The third kappa shape index (κ3) is 3.96. The molecule has 0 saturated heterocycles. The summed E-state index contributed by atoms with van der Waals surface area (Å²) < 4.78 is 5.80. The first-order valence-corrected chi connectivity index (χ1v) is 9.36. The van der Waals surface area contributed by atoms with Crippen molar-refractivity contribution in [3.63, 3.8) is 0 Å². The zero-order chi connectivity index (χ0) is 19.3. The van der Waals surface area contributed by atoms with Crippen LogP contribution in [0, 0.1) is 6.92 Å². The molecule has 3 aromatic rings. The molecule has 0 N–H and O–H groups in total. The summed E-state index contributed by atoms with van der Waals surface area (Å²) in [5.74, 6) is 0.804. The van der Waals surface area contributed by atoms with Crippen molar-refractivity contribution in [3.05, 3.63) is 101 Å². The molecule has 0 spiro atoms. The number of carbonyl (C=O) groups excluding carboxylic acids is 1. The summed E-state index contributed by atoms with van der Waals surface area (Å²) in [6.45, 7) is 3.40. The average Bonchev–Trinajstić information content (AvgIpc) is 2.74. The van der Waals surface area contributed by atoms with Gasteiger partial charge in [-0.1, -0.05) is 48.5 Å². The van der Waals surface area contributed by atoms with E-state index in [9.17, 15) is 4.79 Å². The monoisotopic (exact) mass is 370 g/mol. The number of carbonyl (C=O) groups is 1. The van der Waals surface area contributed by atoms with Crippen molar-refractivity contribution in [3.8, 4) is 5.75 Å². The first-order chi connectivity index (χ1) is 13.7. The Bertz CT molecular complexity index is 1010. The van der Waals surface area contributed by atoms with E-state index in [4.69, 9.17) is 4.74 Å². The van der Waals surface area contributed by atoms with E-state index in [0.29, 0.717) is 18.7 Å². The lowest BCUT2D eigenvalue weighted by molar-refractivity contribution is -0.128. The van der Waals surface area contributed by atoms with Crippen LogP contribution in [0.1, 0.15) is 22.3 Å². The molecule has 2 heterocycles. The number of hydrogen-bond acceptors (Lipinski definition) is 3. The quantitative estimate of drug-likeness (QED) is 0.669. The fourth-order valence-electron chi connectivity index (χ4n) is 3.35. The van der Waals surface area contributed by atoms with Crippen molar-refractivity contribution in [2.75, 3.05) is 6.61 Å². The van der Waals surface area contributed by atoms with Crippen LogP contribution in [0.4, 0.5) is 0 Å². The summed E-state index contributed by atoms with van der Waals surface area (Å²) in [7, 11) is 0. The standard InChI is InChI=1S/C24H22N2O2/c1-18-7-2-3-10-21(18)16-26(15-19-8-6-12-25-14-19)24(27)22-13-20-9-4-5-11-23(20)28-17-22/h2-14H,15-17H2,1H3. The van der Waals surface area contributed by atoms with Gasteiger partial charge in [-0.15, -0.1) is 0 Å². The zero-order valence-corrected chi connectivity index (χ0v) is 15.8. The van der Waals surface area contributed by atoms with Gasteiger partial charge in [-0.25, -0.2) is 0 Å². The molecule has 140 valence electrons. The maximum Gasteiger partial charge on any atom is 0.253 e. The Hall–Kier alpha value is -3.40. The topological polar surface area (TPSA) is 42.4 Å². The van der Waals surface area contributed by atoms with Crippen molar-refractivity contribution in [2.24, 2.45) is 0 Å². The molecule has 4 nitrogen and oxygen atoms in total. The molecule has 1 aliphatic heterocycles. The Kier molecular flexibility index (Phi) is 5.20. The normalized spacial score (nSPS) is 12.5. The van der Waals surface area contributed by atoms with Crippen molar-refractivity contribution in [2.45, 2.75) is 20.0 Å². The van der Waals surface area contributed by atoms with Crippen molar-refractivity contribution in [1.29, 1.82) is 0 Å². The minimum atomic E-state index is -0.0124. The second kappa shape index (κ2) is 8.09. The van der Waals surface area contributed by atoms with E-state index < -0.39 is 0 Å². The first-order valence-electron chi connectivity index (χ1n) is 9.36. The Morgan fingerprint density at radius 3 is 2.68 bits per heavy atom. The van der Waals surface area contributed by atoms with E-state index in [1.54, 1.807) is 12.4 Å². The number of hydrogen-bond donors (Lipinski definition) is 0. The minimum Gasteiger partial charge on any atom is -0.488 e. The molecule has 0 aliphatic carbocycles. The van der Waals surface area contributed by atoms with E-state index in [1.807, 2.05) is 59.5 Å². The van der Waals surface area contributed by atoms with E-state index in [1.165, 1.54) is 5.56 Å². The van der Waals surface area contributed by atoms with Crippen LogP contribution in [0.5, 0.6) is 5.75 Å². The van der Waals surface area contributed by atoms with Gasteiger partial charge in [0.05, 0.1) is 5.57 Å². The summed E-state index contributed by atoms with van der Waals surface area (Å²) in [4.78, 5) is 19.4. The van der Waals surface area contributed by atoms with Gasteiger partial charge in [0, 0.05) is 31.0 Å². The lowest BCUT2D eigenvalue weighted by Gasteiger charge is -2.26. The highest BCUT2D eigenvalue weighted by atomic mass is 16.5. The minimum absolute atomic E-state index is 0.0124. The number of rotatable bonds is 5. The van der Waals surface area contributed by atoms with E-state index in [0.717, 1.165) is 22.4 Å². The summed E-state index contributed by atoms with van der Waals surface area (Å²) in [5, 5.41) is 0. The number of nitrogens with zero attached hydrogens (tertiary/aromatic N) is 2. The second-order valence-corrected chi connectivity index (χ2v) is 6.95. The van der Waals surface area contributed by atoms with Gasteiger partial charge in [-0.05, 0) is 41.8 Å². The number of amides is 1. The third-order valence-corrected chi connectivity index (χ3v) is 4.91. The largest absolute Gasteiger partial charge is 0.488 e. The van der Waals surface area contributed by atoms with Crippen LogP contribution in [-0.2, 0) is 17.9 Å². The zero-order valence-electron chi connectivity index (χ0n) is 15.8. The van der Waals surface area contributed by atoms with Crippen LogP contribution >= 0.6 is 0 Å². The summed E-state index contributed by atoms with van der Waals surface area (Å²) >= 11 is 0. The SMILES string of the molecule is Cc1ccccc1CN(Cc1cccnc1)C(=O)C1=Cc2ccccc2OC1. The molecule has 4 rings (SSSR count). The van der Waals surface area contributed by atoms with E-state index >= 15 is 0 Å². The number of ether oxygens (including phenoxy) is 1. The third-order valence-electron chi connectivity index (χ3n) is 4.91. The van der Waals surface area contributed by atoms with Gasteiger partial charge in [-0.2, -0.15) is 0 Å². The highest BCUT2D eigenvalue weighted by molar-refractivity contribution is 5.99. The maximum atomic E-state index is 13.4. The molecular formula is C24H22N2O2. The first kappa shape index (κ1) is 18.0. The number of fused-ring (bicyclic) bond motifs is 1. The van der Waals surface area contributed by atoms with Crippen molar-refractivity contribution >= 4 is 12.0 Å². The fraction of sp³-hybridized carbons (Fsp3) is 0.167. The number of aromatic nitrogens is 1. The average molecular weight is 370 g/mol. The van der Waals surface area contributed by atoms with Gasteiger partial charge in [0.2, 0.25) is 0 Å². The molecular weight excluding hydrogens is 348 g/mol. The predicted molar refractivity (Wildman–Crippen MR) is 110 cm³/mol. The molecule has 0 radical (unpaired) electrons. The molecule has 28 heavy (non-hydrogen) atoms. The summed E-state index contributed by atoms with van der Waals surface area (Å²) in [5.41, 5.74) is 4.91. The maximum absolute atomic E-state index is 13.4. The molecule has 1 amide bonds. The van der Waals surface area contributed by atoms with E-state index in [2.05, 4.69) is 24.0 Å². The molecule has 2 aromatic carbocycles. The smallest absolute Gasteiger partial charge is 0.253 e. The van der Waals surface area contributed by atoms with Gasteiger partial charge < -0.3 is 9.64 Å². The fourth-order valence-corrected chi connectivity index (χ4v) is 3.35. The van der Waals surface area contributed by atoms with Gasteiger partial charge in [0.25, 0.3) is 5.91 Å². The number of benzene rings is 2. The van der Waals surface area contributed by atoms with Gasteiger partial charge >= 0.3 is 0 Å². The number of para-hydroxylation sites is 1. The van der Waals surface area contributed by atoms with Crippen molar-refractivity contribution in [1.82, 2.24) is 9.88 Å². The Morgan fingerprint density at radius 1 is 1.04 bits per heavy atom. The van der Waals surface area contributed by atoms with Crippen LogP contribution in [-0.4, -0.2) is 22.4 Å². The van der Waals surface area contributed by atoms with Crippen LogP contribution in [0.15, 0.2) is 78.6 Å². The van der Waals surface area contributed by atoms with Crippen LogP contribution < -0.4 is 4.74 Å². The lowest BCUT2D eigenvalue weighted by Crippen LogP contribution is -2.33. The van der Waals surface area contributed by atoms with Gasteiger partial charge in [0.1, 0.15) is 12.4 Å². The lowest BCUT2D eigenvalue weighted by atomic mass is 10.0. The number of aryl methyl sites for hydroxylation is 1. The molecule has 1 aromatic heterocycles. The molecule has 0 unspecified atom stereocenters. The molecule has 0 saturated carbocycles.